The fraction of sp³-hybridized carbons (Fsp3) is 0.156. The molecule has 0 radical (unpaired) electrons. The standard InChI is InChI=1S/C32H27N3/c1-4-13-23-14-10-11-21-27(23)29-24(15-5-1)20-12-22-28(29)32-34-30(25-16-6-2-7-17-25)33-31(35-32)26-18-8-3-9-19-26/h2-3,6-12,14,16-22H,1,4-5,13,15H2. The molecule has 0 fully saturated rings. The van der Waals surface area contributed by atoms with Crippen LogP contribution in [0, 0.1) is 0 Å². The van der Waals surface area contributed by atoms with E-state index in [1.807, 2.05) is 36.4 Å². The normalized spacial score (nSPS) is 13.1. The summed E-state index contributed by atoms with van der Waals surface area (Å²) in [6.07, 6.45) is 5.85. The maximum absolute atomic E-state index is 5.04. The smallest absolute Gasteiger partial charge is 0.164 e. The second-order valence-electron chi connectivity index (χ2n) is 9.10. The molecule has 170 valence electrons. The van der Waals surface area contributed by atoms with E-state index < -0.39 is 0 Å². The minimum atomic E-state index is 0.698. The molecule has 1 aromatic heterocycles. The van der Waals surface area contributed by atoms with E-state index in [4.69, 9.17) is 15.0 Å². The highest BCUT2D eigenvalue weighted by Crippen LogP contribution is 2.38. The van der Waals surface area contributed by atoms with Crippen LogP contribution >= 0.6 is 0 Å². The van der Waals surface area contributed by atoms with E-state index in [0.29, 0.717) is 11.6 Å². The number of hydrogen-bond acceptors (Lipinski definition) is 3. The lowest BCUT2D eigenvalue weighted by molar-refractivity contribution is 0.683. The average Bonchev–Trinajstić information content (AvgIpc) is 3.02. The Bertz CT molecular complexity index is 1400. The van der Waals surface area contributed by atoms with Crippen LogP contribution in [0.25, 0.3) is 45.3 Å². The number of aromatic nitrogens is 3. The molecule has 4 aromatic carbocycles. The number of aryl methyl sites for hydroxylation is 2. The Kier molecular flexibility index (Phi) is 5.90. The van der Waals surface area contributed by atoms with Crippen LogP contribution in [-0.4, -0.2) is 15.0 Å². The molecule has 0 spiro atoms. The van der Waals surface area contributed by atoms with Crippen LogP contribution in [0.15, 0.2) is 103 Å². The van der Waals surface area contributed by atoms with Crippen LogP contribution in [0.3, 0.4) is 0 Å². The van der Waals surface area contributed by atoms with Gasteiger partial charge in [0.1, 0.15) is 0 Å². The lowest BCUT2D eigenvalue weighted by atomic mass is 9.89. The predicted octanol–water partition coefficient (Wildman–Crippen LogP) is 7.81. The first kappa shape index (κ1) is 21.4. The third-order valence-electron chi connectivity index (χ3n) is 6.77. The molecule has 0 aliphatic heterocycles. The van der Waals surface area contributed by atoms with Gasteiger partial charge in [0.2, 0.25) is 0 Å². The Morgan fingerprint density at radius 3 is 1.60 bits per heavy atom. The van der Waals surface area contributed by atoms with Crippen LogP contribution in [0.5, 0.6) is 0 Å². The van der Waals surface area contributed by atoms with Gasteiger partial charge in [0.05, 0.1) is 0 Å². The highest BCUT2D eigenvalue weighted by molar-refractivity contribution is 5.85. The van der Waals surface area contributed by atoms with Gasteiger partial charge in [-0.1, -0.05) is 110 Å². The maximum atomic E-state index is 5.04. The lowest BCUT2D eigenvalue weighted by Gasteiger charge is -2.17. The molecule has 0 bridgehead atoms. The Balaban J connectivity index is 1.61. The quantitative estimate of drug-likeness (QED) is 0.280. The van der Waals surface area contributed by atoms with E-state index in [0.717, 1.165) is 35.4 Å². The molecule has 0 saturated heterocycles. The summed E-state index contributed by atoms with van der Waals surface area (Å²) in [4.78, 5) is 15.0. The van der Waals surface area contributed by atoms with Gasteiger partial charge >= 0.3 is 0 Å². The predicted molar refractivity (Wildman–Crippen MR) is 143 cm³/mol. The summed E-state index contributed by atoms with van der Waals surface area (Å²) in [5.41, 5.74) is 8.42. The molecule has 1 aliphatic rings. The number of rotatable bonds is 3. The minimum absolute atomic E-state index is 0.698. The summed E-state index contributed by atoms with van der Waals surface area (Å²) in [7, 11) is 0. The van der Waals surface area contributed by atoms with Crippen molar-refractivity contribution >= 4 is 0 Å². The molecule has 0 amide bonds. The van der Waals surface area contributed by atoms with E-state index >= 15 is 0 Å². The van der Waals surface area contributed by atoms with Crippen molar-refractivity contribution in [1.29, 1.82) is 0 Å². The molecule has 0 unspecified atom stereocenters. The van der Waals surface area contributed by atoms with Crippen LogP contribution in [0.4, 0.5) is 0 Å². The number of nitrogens with zero attached hydrogens (tertiary/aromatic N) is 3. The topological polar surface area (TPSA) is 38.7 Å². The van der Waals surface area contributed by atoms with E-state index in [1.165, 1.54) is 41.5 Å². The molecule has 6 rings (SSSR count). The molecular formula is C32H27N3. The van der Waals surface area contributed by atoms with E-state index in [1.54, 1.807) is 0 Å². The van der Waals surface area contributed by atoms with Crippen molar-refractivity contribution in [2.45, 2.75) is 32.1 Å². The van der Waals surface area contributed by atoms with Crippen molar-refractivity contribution in [2.75, 3.05) is 0 Å². The van der Waals surface area contributed by atoms with Crippen molar-refractivity contribution in [3.8, 4) is 45.3 Å². The minimum Gasteiger partial charge on any atom is -0.208 e. The number of hydrogen-bond donors (Lipinski definition) is 0. The Morgan fingerprint density at radius 2 is 0.914 bits per heavy atom. The first-order chi connectivity index (χ1) is 17.4. The third-order valence-corrected chi connectivity index (χ3v) is 6.77. The van der Waals surface area contributed by atoms with E-state index in [2.05, 4.69) is 66.7 Å². The largest absolute Gasteiger partial charge is 0.208 e. The maximum Gasteiger partial charge on any atom is 0.164 e. The van der Waals surface area contributed by atoms with Crippen molar-refractivity contribution in [3.05, 3.63) is 114 Å². The third kappa shape index (κ3) is 4.38. The zero-order valence-corrected chi connectivity index (χ0v) is 19.7. The zero-order valence-electron chi connectivity index (χ0n) is 19.7. The van der Waals surface area contributed by atoms with Gasteiger partial charge in [-0.15, -0.1) is 0 Å². The van der Waals surface area contributed by atoms with Gasteiger partial charge < -0.3 is 0 Å². The molecule has 5 aromatic rings. The van der Waals surface area contributed by atoms with E-state index in [9.17, 15) is 0 Å². The average molecular weight is 454 g/mol. The van der Waals surface area contributed by atoms with Gasteiger partial charge in [-0.05, 0) is 47.9 Å². The first-order valence-corrected chi connectivity index (χ1v) is 12.4. The summed E-state index contributed by atoms with van der Waals surface area (Å²) < 4.78 is 0. The van der Waals surface area contributed by atoms with Crippen molar-refractivity contribution in [3.63, 3.8) is 0 Å². The molecule has 0 saturated carbocycles. The van der Waals surface area contributed by atoms with Crippen LogP contribution in [0.1, 0.15) is 30.4 Å². The lowest BCUT2D eigenvalue weighted by Crippen LogP contribution is -2.03. The van der Waals surface area contributed by atoms with Gasteiger partial charge in [-0.2, -0.15) is 0 Å². The van der Waals surface area contributed by atoms with Crippen molar-refractivity contribution < 1.29 is 0 Å². The summed E-state index contributed by atoms with van der Waals surface area (Å²) in [6.45, 7) is 0. The summed E-state index contributed by atoms with van der Waals surface area (Å²) in [6, 6.07) is 35.8. The SMILES string of the molecule is c1ccc(-c2nc(-c3ccccc3)nc(-c3cccc4c3-c3ccccc3CCCCC4)n2)cc1. The van der Waals surface area contributed by atoms with Gasteiger partial charge in [-0.3, -0.25) is 0 Å². The zero-order chi connectivity index (χ0) is 23.5. The monoisotopic (exact) mass is 453 g/mol. The highest BCUT2D eigenvalue weighted by atomic mass is 15.0. The van der Waals surface area contributed by atoms with Crippen molar-refractivity contribution in [2.24, 2.45) is 0 Å². The number of fused-ring (bicyclic) bond motifs is 3. The molecular weight excluding hydrogens is 426 g/mol. The van der Waals surface area contributed by atoms with Crippen LogP contribution < -0.4 is 0 Å². The molecule has 0 atom stereocenters. The summed E-state index contributed by atoms with van der Waals surface area (Å²) >= 11 is 0. The fourth-order valence-electron chi connectivity index (χ4n) is 5.03. The van der Waals surface area contributed by atoms with Crippen LogP contribution in [-0.2, 0) is 12.8 Å². The fourth-order valence-corrected chi connectivity index (χ4v) is 5.03. The first-order valence-electron chi connectivity index (χ1n) is 12.4. The Hall–Kier alpha value is -4.11. The second kappa shape index (κ2) is 9.63. The van der Waals surface area contributed by atoms with Gasteiger partial charge in [0, 0.05) is 16.7 Å². The Labute approximate surface area is 206 Å². The molecule has 3 heteroatoms. The van der Waals surface area contributed by atoms with Crippen molar-refractivity contribution in [1.82, 2.24) is 15.0 Å². The van der Waals surface area contributed by atoms with Gasteiger partial charge in [0.15, 0.2) is 17.5 Å². The molecule has 3 nitrogen and oxygen atoms in total. The Morgan fingerprint density at radius 1 is 0.400 bits per heavy atom. The van der Waals surface area contributed by atoms with Gasteiger partial charge in [0.25, 0.3) is 0 Å². The molecule has 0 N–H and O–H groups in total. The van der Waals surface area contributed by atoms with Gasteiger partial charge in [-0.25, -0.2) is 15.0 Å². The summed E-state index contributed by atoms with van der Waals surface area (Å²) in [5.74, 6) is 2.12. The van der Waals surface area contributed by atoms with E-state index in [-0.39, 0.29) is 0 Å². The van der Waals surface area contributed by atoms with Crippen LogP contribution in [0.2, 0.25) is 0 Å². The number of benzene rings is 4. The summed E-state index contributed by atoms with van der Waals surface area (Å²) in [5, 5.41) is 0. The highest BCUT2D eigenvalue weighted by Gasteiger charge is 2.20. The molecule has 35 heavy (non-hydrogen) atoms. The molecule has 1 heterocycles. The molecule has 1 aliphatic carbocycles. The second-order valence-corrected chi connectivity index (χ2v) is 9.10.